The number of ketones is 1. The zero-order valence-corrected chi connectivity index (χ0v) is 11.3. The van der Waals surface area contributed by atoms with Crippen molar-refractivity contribution in [1.29, 1.82) is 0 Å². The lowest BCUT2D eigenvalue weighted by molar-refractivity contribution is 0.0920. The fraction of sp³-hybridized carbons (Fsp3) is 0.235. The Kier molecular flexibility index (Phi) is 4.35. The second-order valence-electron chi connectivity index (χ2n) is 4.49. The molecule has 2 nitrogen and oxygen atoms in total. The summed E-state index contributed by atoms with van der Waals surface area (Å²) in [6, 6.07) is 15.4. The maximum Gasteiger partial charge on any atom is 0.200 e. The van der Waals surface area contributed by atoms with Crippen LogP contribution in [0.2, 0.25) is 0 Å². The molecule has 0 spiro atoms. The molecule has 0 aliphatic rings. The highest BCUT2D eigenvalue weighted by molar-refractivity contribution is 5.98. The number of hydrogen-bond donors (Lipinski definition) is 0. The van der Waals surface area contributed by atoms with Crippen LogP contribution < -0.4 is 4.74 Å². The number of hydrogen-bond acceptors (Lipinski definition) is 2. The van der Waals surface area contributed by atoms with Crippen LogP contribution in [0.25, 0.3) is 0 Å². The molecule has 0 atom stereocenters. The monoisotopic (exact) mass is 254 g/mol. The van der Waals surface area contributed by atoms with E-state index in [0.29, 0.717) is 0 Å². The third-order valence-electron chi connectivity index (χ3n) is 3.16. The molecular weight excluding hydrogens is 236 g/mol. The summed E-state index contributed by atoms with van der Waals surface area (Å²) in [5, 5.41) is 0. The van der Waals surface area contributed by atoms with E-state index in [4.69, 9.17) is 4.74 Å². The molecule has 2 heteroatoms. The van der Waals surface area contributed by atoms with Crippen LogP contribution in [0.4, 0.5) is 0 Å². The molecule has 0 saturated carbocycles. The van der Waals surface area contributed by atoms with Gasteiger partial charge < -0.3 is 4.74 Å². The number of benzene rings is 2. The van der Waals surface area contributed by atoms with Crippen molar-refractivity contribution in [3.05, 3.63) is 65.2 Å². The molecule has 0 heterocycles. The van der Waals surface area contributed by atoms with Gasteiger partial charge in [0, 0.05) is 5.56 Å². The van der Waals surface area contributed by atoms with Crippen LogP contribution in [0.5, 0.6) is 5.75 Å². The Hall–Kier alpha value is -2.09. The fourth-order valence-electron chi connectivity index (χ4n) is 2.04. The van der Waals surface area contributed by atoms with Crippen LogP contribution in [0.15, 0.2) is 48.5 Å². The van der Waals surface area contributed by atoms with Crippen molar-refractivity contribution < 1.29 is 9.53 Å². The molecule has 0 amide bonds. The molecule has 98 valence electrons. The van der Waals surface area contributed by atoms with E-state index in [0.717, 1.165) is 28.9 Å². The second kappa shape index (κ2) is 6.19. The standard InChI is InChI=1S/C17H18O2/c1-3-14-9-5-7-11-17(14)19-12-16(18)15-10-6-4-8-13(15)2/h4-11H,3,12H2,1-2H3. The Labute approximate surface area is 114 Å². The number of carbonyl (C=O) groups excluding carboxylic acids is 1. The van der Waals surface area contributed by atoms with Gasteiger partial charge in [0.2, 0.25) is 0 Å². The molecule has 0 unspecified atom stereocenters. The van der Waals surface area contributed by atoms with Gasteiger partial charge in [0.25, 0.3) is 0 Å². The Morgan fingerprint density at radius 1 is 1.05 bits per heavy atom. The molecule has 0 N–H and O–H groups in total. The van der Waals surface area contributed by atoms with Crippen molar-refractivity contribution in [1.82, 2.24) is 0 Å². The lowest BCUT2D eigenvalue weighted by atomic mass is 10.1. The molecule has 2 aromatic rings. The average Bonchev–Trinajstić information content (AvgIpc) is 2.45. The van der Waals surface area contributed by atoms with Crippen molar-refractivity contribution in [2.24, 2.45) is 0 Å². The molecule has 0 bridgehead atoms. The normalized spacial score (nSPS) is 10.2. The van der Waals surface area contributed by atoms with E-state index >= 15 is 0 Å². The van der Waals surface area contributed by atoms with Crippen LogP contribution in [-0.2, 0) is 6.42 Å². The SMILES string of the molecule is CCc1ccccc1OCC(=O)c1ccccc1C. The van der Waals surface area contributed by atoms with Crippen molar-refractivity contribution in [2.45, 2.75) is 20.3 Å². The minimum absolute atomic E-state index is 0.0176. The number of carbonyl (C=O) groups is 1. The first-order valence-electron chi connectivity index (χ1n) is 6.52. The molecule has 0 aliphatic carbocycles. The molecular formula is C17H18O2. The topological polar surface area (TPSA) is 26.3 Å². The molecule has 0 radical (unpaired) electrons. The van der Waals surface area contributed by atoms with E-state index in [-0.39, 0.29) is 12.4 Å². The summed E-state index contributed by atoms with van der Waals surface area (Å²) >= 11 is 0. The number of aryl methyl sites for hydroxylation is 2. The number of Topliss-reactive ketones (excluding diaryl/α,β-unsaturated/α-hetero) is 1. The third kappa shape index (κ3) is 3.22. The number of para-hydroxylation sites is 1. The Morgan fingerprint density at radius 2 is 1.74 bits per heavy atom. The van der Waals surface area contributed by atoms with E-state index in [1.165, 1.54) is 0 Å². The van der Waals surface area contributed by atoms with Gasteiger partial charge in [-0.2, -0.15) is 0 Å². The van der Waals surface area contributed by atoms with Crippen molar-refractivity contribution >= 4 is 5.78 Å². The first kappa shape index (κ1) is 13.3. The molecule has 19 heavy (non-hydrogen) atoms. The van der Waals surface area contributed by atoms with Crippen molar-refractivity contribution in [3.63, 3.8) is 0 Å². The van der Waals surface area contributed by atoms with E-state index in [1.54, 1.807) is 0 Å². The van der Waals surface area contributed by atoms with Gasteiger partial charge in [0.1, 0.15) is 5.75 Å². The summed E-state index contributed by atoms with van der Waals surface area (Å²) < 4.78 is 5.65. The maximum atomic E-state index is 12.1. The highest BCUT2D eigenvalue weighted by Crippen LogP contribution is 2.18. The average molecular weight is 254 g/mol. The Bertz CT molecular complexity index is 573. The zero-order valence-electron chi connectivity index (χ0n) is 11.3. The van der Waals surface area contributed by atoms with Crippen LogP contribution >= 0.6 is 0 Å². The summed E-state index contributed by atoms with van der Waals surface area (Å²) in [5.74, 6) is 0.816. The highest BCUT2D eigenvalue weighted by atomic mass is 16.5. The summed E-state index contributed by atoms with van der Waals surface area (Å²) in [5.41, 5.74) is 2.84. The van der Waals surface area contributed by atoms with Gasteiger partial charge in [-0.15, -0.1) is 0 Å². The maximum absolute atomic E-state index is 12.1. The predicted molar refractivity (Wildman–Crippen MR) is 76.8 cm³/mol. The van der Waals surface area contributed by atoms with Crippen LogP contribution in [0.1, 0.15) is 28.4 Å². The van der Waals surface area contributed by atoms with Crippen LogP contribution in [0, 0.1) is 6.92 Å². The first-order valence-corrected chi connectivity index (χ1v) is 6.52. The second-order valence-corrected chi connectivity index (χ2v) is 4.49. The van der Waals surface area contributed by atoms with E-state index in [9.17, 15) is 4.79 Å². The van der Waals surface area contributed by atoms with E-state index < -0.39 is 0 Å². The Balaban J connectivity index is 2.07. The summed E-state index contributed by atoms with van der Waals surface area (Å²) in [6.07, 6.45) is 0.898. The minimum Gasteiger partial charge on any atom is -0.485 e. The summed E-state index contributed by atoms with van der Waals surface area (Å²) in [7, 11) is 0. The smallest absolute Gasteiger partial charge is 0.200 e. The van der Waals surface area contributed by atoms with Crippen LogP contribution in [-0.4, -0.2) is 12.4 Å². The molecule has 0 aliphatic heterocycles. The fourth-order valence-corrected chi connectivity index (χ4v) is 2.04. The van der Waals surface area contributed by atoms with Crippen LogP contribution in [0.3, 0.4) is 0 Å². The molecule has 2 rings (SSSR count). The van der Waals surface area contributed by atoms with E-state index in [2.05, 4.69) is 6.92 Å². The van der Waals surface area contributed by atoms with Gasteiger partial charge in [0.15, 0.2) is 12.4 Å². The number of rotatable bonds is 5. The Morgan fingerprint density at radius 3 is 2.47 bits per heavy atom. The molecule has 0 saturated heterocycles. The summed E-state index contributed by atoms with van der Waals surface area (Å²) in [6.45, 7) is 4.10. The quantitative estimate of drug-likeness (QED) is 0.758. The van der Waals surface area contributed by atoms with Crippen molar-refractivity contribution in [2.75, 3.05) is 6.61 Å². The zero-order chi connectivity index (χ0) is 13.7. The molecule has 0 fully saturated rings. The van der Waals surface area contributed by atoms with Gasteiger partial charge in [-0.05, 0) is 30.5 Å². The van der Waals surface area contributed by atoms with Gasteiger partial charge in [-0.1, -0.05) is 49.4 Å². The molecule has 0 aromatic heterocycles. The van der Waals surface area contributed by atoms with E-state index in [1.807, 2.05) is 55.5 Å². The predicted octanol–water partition coefficient (Wildman–Crippen LogP) is 3.82. The van der Waals surface area contributed by atoms with Gasteiger partial charge in [-0.3, -0.25) is 4.79 Å². The van der Waals surface area contributed by atoms with Gasteiger partial charge >= 0.3 is 0 Å². The third-order valence-corrected chi connectivity index (χ3v) is 3.16. The minimum atomic E-state index is 0.0176. The van der Waals surface area contributed by atoms with Gasteiger partial charge in [0.05, 0.1) is 0 Å². The lowest BCUT2D eigenvalue weighted by Gasteiger charge is -2.10. The highest BCUT2D eigenvalue weighted by Gasteiger charge is 2.10. The largest absolute Gasteiger partial charge is 0.485 e. The number of ether oxygens (including phenoxy) is 1. The van der Waals surface area contributed by atoms with Crippen molar-refractivity contribution in [3.8, 4) is 5.75 Å². The van der Waals surface area contributed by atoms with Gasteiger partial charge in [-0.25, -0.2) is 0 Å². The lowest BCUT2D eigenvalue weighted by Crippen LogP contribution is -2.13. The first-order chi connectivity index (χ1) is 9.22. The molecule has 2 aromatic carbocycles. The summed E-state index contributed by atoms with van der Waals surface area (Å²) in [4.78, 5) is 12.1.